The van der Waals surface area contributed by atoms with E-state index in [1.165, 1.54) is 0 Å². The molecule has 0 aliphatic carbocycles. The summed E-state index contributed by atoms with van der Waals surface area (Å²) in [6.45, 7) is 32.2. The monoisotopic (exact) mass is 619 g/mol. The maximum Gasteiger partial charge on any atom is 0.127 e. The normalized spacial score (nSPS) is 20.7. The molecule has 258 valence electrons. The molecule has 2 N–H and O–H groups in total. The highest BCUT2D eigenvalue weighted by Crippen LogP contribution is 2.41. The number of hydrogen-bond donors (Lipinski definition) is 1. The zero-order chi connectivity index (χ0) is 32.6. The van der Waals surface area contributed by atoms with Gasteiger partial charge in [-0.15, -0.1) is 5.12 Å². The molecule has 0 radical (unpaired) electrons. The number of nitrogens with zero attached hydrogens (tertiary/aromatic N) is 3. The fourth-order valence-corrected chi connectivity index (χ4v) is 4.83. The molecule has 10 heteroatoms. The molecule has 10 nitrogen and oxygen atoms in total. The van der Waals surface area contributed by atoms with Crippen LogP contribution < -0.4 is 5.73 Å². The van der Waals surface area contributed by atoms with Crippen LogP contribution in [-0.4, -0.2) is 107 Å². The Morgan fingerprint density at radius 1 is 0.488 bits per heavy atom. The van der Waals surface area contributed by atoms with Crippen molar-refractivity contribution in [2.45, 2.75) is 88.7 Å². The zero-order valence-electron chi connectivity index (χ0n) is 30.0. The van der Waals surface area contributed by atoms with Crippen molar-refractivity contribution >= 4 is 0 Å². The number of rotatable bonds is 24. The Bertz CT molecular complexity index is 695. The number of hydrogen-bond acceptors (Lipinski definition) is 10. The van der Waals surface area contributed by atoms with Crippen molar-refractivity contribution in [3.05, 3.63) is 0 Å². The first-order valence-corrected chi connectivity index (χ1v) is 16.7. The van der Waals surface area contributed by atoms with E-state index in [2.05, 4.69) is 98.2 Å². The molecule has 0 aromatic carbocycles. The molecule has 0 spiro atoms. The van der Waals surface area contributed by atoms with Crippen LogP contribution >= 0.6 is 0 Å². The van der Waals surface area contributed by atoms with E-state index in [0.29, 0.717) is 108 Å². The lowest BCUT2D eigenvalue weighted by Crippen LogP contribution is -2.83. The summed E-state index contributed by atoms with van der Waals surface area (Å²) in [6, 6.07) is 0. The minimum Gasteiger partial charge on any atom is -0.380 e. The fourth-order valence-electron chi connectivity index (χ4n) is 4.83. The van der Waals surface area contributed by atoms with Crippen molar-refractivity contribution in [3.63, 3.8) is 0 Å². The van der Waals surface area contributed by atoms with Crippen molar-refractivity contribution in [2.75, 3.05) is 86.2 Å². The summed E-state index contributed by atoms with van der Waals surface area (Å²) in [5.74, 6) is 2.32. The van der Waals surface area contributed by atoms with E-state index in [1.807, 2.05) is 0 Å². The van der Waals surface area contributed by atoms with E-state index >= 15 is 0 Å². The van der Waals surface area contributed by atoms with E-state index in [9.17, 15) is 0 Å². The molecule has 1 unspecified atom stereocenters. The Morgan fingerprint density at radius 2 is 0.837 bits per heavy atom. The Balaban J connectivity index is 3.70. The van der Waals surface area contributed by atoms with Crippen molar-refractivity contribution in [1.29, 1.82) is 0 Å². The third kappa shape index (κ3) is 14.7. The van der Waals surface area contributed by atoms with Gasteiger partial charge in [0, 0.05) is 26.4 Å². The van der Waals surface area contributed by atoms with Crippen LogP contribution in [0.15, 0.2) is 0 Å². The largest absolute Gasteiger partial charge is 0.380 e. The lowest BCUT2D eigenvalue weighted by atomic mass is 9.75. The summed E-state index contributed by atoms with van der Waals surface area (Å²) in [4.78, 5) is 0. The molecular formula is C33H70N4O6. The van der Waals surface area contributed by atoms with E-state index in [0.717, 1.165) is 0 Å². The maximum atomic E-state index is 7.68. The van der Waals surface area contributed by atoms with Crippen molar-refractivity contribution in [1.82, 2.24) is 15.1 Å². The maximum absolute atomic E-state index is 7.68. The van der Waals surface area contributed by atoms with Crippen LogP contribution in [0.5, 0.6) is 0 Å². The summed E-state index contributed by atoms with van der Waals surface area (Å²) in [5, 5.41) is 6.35. The van der Waals surface area contributed by atoms with Crippen LogP contribution in [0.25, 0.3) is 0 Å². The van der Waals surface area contributed by atoms with Crippen LogP contribution in [0, 0.1) is 40.9 Å². The predicted octanol–water partition coefficient (Wildman–Crippen LogP) is 5.29. The SMILES string of the molecule is CC(C)COCN1CC(COCC(C)C)(COCC(C)C)C(N)(COCC(C)C)N(COCC(C)C)N1COCC(C)C. The van der Waals surface area contributed by atoms with Crippen molar-refractivity contribution in [3.8, 4) is 0 Å². The van der Waals surface area contributed by atoms with Crippen LogP contribution in [0.1, 0.15) is 83.1 Å². The van der Waals surface area contributed by atoms with E-state index in [-0.39, 0.29) is 13.3 Å². The van der Waals surface area contributed by atoms with Crippen LogP contribution in [0.3, 0.4) is 0 Å². The van der Waals surface area contributed by atoms with Gasteiger partial charge in [0.2, 0.25) is 0 Å². The van der Waals surface area contributed by atoms with E-state index < -0.39 is 11.1 Å². The molecule has 1 aliphatic rings. The van der Waals surface area contributed by atoms with Gasteiger partial charge in [0.25, 0.3) is 0 Å². The lowest BCUT2D eigenvalue weighted by molar-refractivity contribution is -0.378. The van der Waals surface area contributed by atoms with Crippen LogP contribution in [0.4, 0.5) is 0 Å². The minimum absolute atomic E-state index is 0.265. The molecule has 0 bridgehead atoms. The molecule has 1 aliphatic heterocycles. The van der Waals surface area contributed by atoms with Gasteiger partial charge < -0.3 is 34.2 Å². The average molecular weight is 619 g/mol. The first kappa shape index (κ1) is 40.6. The first-order valence-electron chi connectivity index (χ1n) is 16.7. The van der Waals surface area contributed by atoms with Gasteiger partial charge in [-0.3, -0.25) is 0 Å². The van der Waals surface area contributed by atoms with Gasteiger partial charge in [0.15, 0.2) is 0 Å². The van der Waals surface area contributed by atoms with Gasteiger partial charge >= 0.3 is 0 Å². The molecule has 1 atom stereocenters. The quantitative estimate of drug-likeness (QED) is 0.154. The Kier molecular flexibility index (Phi) is 19.5. The smallest absolute Gasteiger partial charge is 0.127 e. The average Bonchev–Trinajstić information content (AvgIpc) is 2.87. The third-order valence-corrected chi connectivity index (χ3v) is 6.92. The zero-order valence-corrected chi connectivity index (χ0v) is 30.0. The second-order valence-corrected chi connectivity index (χ2v) is 15.0. The Hall–Kier alpha value is -0.400. The Morgan fingerprint density at radius 3 is 1.26 bits per heavy atom. The number of ether oxygens (including phenoxy) is 6. The molecule has 1 fully saturated rings. The summed E-state index contributed by atoms with van der Waals surface area (Å²) >= 11 is 0. The molecule has 0 saturated carbocycles. The van der Waals surface area contributed by atoms with Gasteiger partial charge in [-0.2, -0.15) is 10.0 Å². The van der Waals surface area contributed by atoms with Gasteiger partial charge in [-0.05, 0) is 35.5 Å². The van der Waals surface area contributed by atoms with Crippen LogP contribution in [0.2, 0.25) is 0 Å². The van der Waals surface area contributed by atoms with E-state index in [4.69, 9.17) is 34.2 Å². The fraction of sp³-hybridized carbons (Fsp3) is 1.00. The van der Waals surface area contributed by atoms with Gasteiger partial charge in [-0.25, -0.2) is 0 Å². The van der Waals surface area contributed by atoms with Gasteiger partial charge in [0.1, 0.15) is 25.9 Å². The predicted molar refractivity (Wildman–Crippen MR) is 174 cm³/mol. The van der Waals surface area contributed by atoms with Crippen molar-refractivity contribution in [2.24, 2.45) is 46.7 Å². The van der Waals surface area contributed by atoms with Gasteiger partial charge in [-0.1, -0.05) is 83.1 Å². The molecule has 0 aromatic heterocycles. The molecule has 43 heavy (non-hydrogen) atoms. The third-order valence-electron chi connectivity index (χ3n) is 6.92. The molecule has 0 amide bonds. The molecule has 1 heterocycles. The second-order valence-electron chi connectivity index (χ2n) is 15.0. The Labute approximate surface area is 265 Å². The highest BCUT2D eigenvalue weighted by atomic mass is 16.5. The second kappa shape index (κ2) is 20.7. The summed E-state index contributed by atoms with van der Waals surface area (Å²) in [7, 11) is 0. The highest BCUT2D eigenvalue weighted by Gasteiger charge is 2.60. The highest BCUT2D eigenvalue weighted by molar-refractivity contribution is 5.05. The standard InChI is InChI=1S/C33H70N4O6/c1-26(2)13-38-20-32(21-39-14-27(3)4)19-35(23-41-16-29(7)8)37(25-43-18-31(11)12)36(24-42-17-30(9)10)33(32,34)22-40-15-28(5)6/h26-31H,13-25,34H2,1-12H3. The minimum atomic E-state index is -1.03. The van der Waals surface area contributed by atoms with Crippen LogP contribution in [-0.2, 0) is 28.4 Å². The summed E-state index contributed by atoms with van der Waals surface area (Å²) in [6.07, 6.45) is 0. The number of hydrazine groups is 2. The molecule has 0 aromatic rings. The molecule has 1 rings (SSSR count). The first-order chi connectivity index (χ1) is 20.1. The number of nitrogens with two attached hydrogens (primary N) is 1. The lowest BCUT2D eigenvalue weighted by Gasteiger charge is -2.62. The topological polar surface area (TPSA) is 91.1 Å². The molecular weight excluding hydrogens is 548 g/mol. The van der Waals surface area contributed by atoms with Gasteiger partial charge in [0.05, 0.1) is 45.1 Å². The van der Waals surface area contributed by atoms with E-state index in [1.54, 1.807) is 0 Å². The summed E-state index contributed by atoms with van der Waals surface area (Å²) < 4.78 is 38.1. The summed E-state index contributed by atoms with van der Waals surface area (Å²) in [5.41, 5.74) is 5.99. The molecule has 1 saturated heterocycles. The van der Waals surface area contributed by atoms with Crippen molar-refractivity contribution < 1.29 is 28.4 Å².